The van der Waals surface area contributed by atoms with Gasteiger partial charge < -0.3 is 44.3 Å². The summed E-state index contributed by atoms with van der Waals surface area (Å²) in [4.78, 5) is 49.0. The fourth-order valence-electron chi connectivity index (χ4n) is 8.18. The van der Waals surface area contributed by atoms with E-state index in [1.165, 1.54) is 0 Å². The number of nitrogens with zero attached hydrogens (tertiary/aromatic N) is 4. The molecule has 0 fully saturated rings. The molecule has 1 unspecified atom stereocenters. The normalized spacial score (nSPS) is 16.3. The number of ether oxygens (including phenoxy) is 4. The van der Waals surface area contributed by atoms with Crippen molar-refractivity contribution in [2.75, 3.05) is 61.4 Å². The van der Waals surface area contributed by atoms with Crippen LogP contribution in [0.15, 0.2) is 96.0 Å². The zero-order valence-electron chi connectivity index (χ0n) is 34.4. The van der Waals surface area contributed by atoms with Crippen LogP contribution >= 0.6 is 0 Å². The standard InChI is InChI=1S/C47H48N6O7/c1-29-14-42(57-4)44(21-38(29)49-23-35-18-32-10-6-8-12-40(32)52(35)28-54)59-26-30-15-31(17-34(16-30)51(3)46(55)25-48-2)27-60-45-22-39-37(20-43(45)58-5)47(56)53-36(24-50-39)19-33-11-7-9-13-41(33)53/h6-17,20-23,28,35-36,48,50H,18-19,24-27H2,1-5H3/t35-,36?/m0/s1. The van der Waals surface area contributed by atoms with Gasteiger partial charge in [0.1, 0.15) is 13.2 Å². The maximum Gasteiger partial charge on any atom is 0.260 e. The van der Waals surface area contributed by atoms with Crippen LogP contribution in [0.3, 0.4) is 0 Å². The lowest BCUT2D eigenvalue weighted by atomic mass is 10.1. The molecule has 2 N–H and O–H groups in total. The average molecular weight is 809 g/mol. The van der Waals surface area contributed by atoms with Crippen molar-refractivity contribution >= 4 is 52.9 Å². The van der Waals surface area contributed by atoms with Crippen molar-refractivity contribution < 1.29 is 33.3 Å². The molecule has 0 radical (unpaired) electrons. The van der Waals surface area contributed by atoms with E-state index in [2.05, 4.69) is 16.7 Å². The zero-order chi connectivity index (χ0) is 41.9. The van der Waals surface area contributed by atoms with Crippen LogP contribution in [-0.4, -0.2) is 77.9 Å². The van der Waals surface area contributed by atoms with Crippen molar-refractivity contribution in [3.63, 3.8) is 0 Å². The van der Waals surface area contributed by atoms with Crippen LogP contribution in [0.4, 0.5) is 28.4 Å². The van der Waals surface area contributed by atoms with Crippen molar-refractivity contribution in [1.82, 2.24) is 5.32 Å². The summed E-state index contributed by atoms with van der Waals surface area (Å²) >= 11 is 0. The van der Waals surface area contributed by atoms with Gasteiger partial charge in [0.25, 0.3) is 5.91 Å². The number of fused-ring (bicyclic) bond motifs is 5. The number of amides is 3. The quantitative estimate of drug-likeness (QED) is 0.0936. The second-order valence-electron chi connectivity index (χ2n) is 15.1. The Bertz CT molecular complexity index is 2490. The van der Waals surface area contributed by atoms with Crippen LogP contribution in [0.2, 0.25) is 0 Å². The van der Waals surface area contributed by atoms with Gasteiger partial charge in [-0.1, -0.05) is 36.4 Å². The summed E-state index contributed by atoms with van der Waals surface area (Å²) in [5.41, 5.74) is 9.07. The Hall–Kier alpha value is -6.86. The molecule has 2 atom stereocenters. The number of carbonyl (C=O) groups excluding carboxylic acids is 3. The molecular weight excluding hydrogens is 761 g/mol. The van der Waals surface area contributed by atoms with E-state index in [0.717, 1.165) is 52.0 Å². The van der Waals surface area contributed by atoms with Gasteiger partial charge in [-0.25, -0.2) is 0 Å². The second-order valence-corrected chi connectivity index (χ2v) is 15.1. The van der Waals surface area contributed by atoms with E-state index in [-0.39, 0.29) is 43.7 Å². The van der Waals surface area contributed by atoms with E-state index in [1.807, 2.05) is 90.7 Å². The molecule has 0 saturated heterocycles. The molecule has 60 heavy (non-hydrogen) atoms. The van der Waals surface area contributed by atoms with Gasteiger partial charge in [-0.3, -0.25) is 19.4 Å². The molecular formula is C47H48N6O7. The van der Waals surface area contributed by atoms with Crippen molar-refractivity contribution in [3.8, 4) is 23.0 Å². The van der Waals surface area contributed by atoms with Gasteiger partial charge >= 0.3 is 0 Å². The lowest BCUT2D eigenvalue weighted by molar-refractivity contribution is -0.117. The first-order valence-electron chi connectivity index (χ1n) is 19.9. The average Bonchev–Trinajstić information content (AvgIpc) is 3.79. The summed E-state index contributed by atoms with van der Waals surface area (Å²) in [5.74, 6) is 1.72. The highest BCUT2D eigenvalue weighted by Crippen LogP contribution is 2.41. The Morgan fingerprint density at radius 1 is 0.867 bits per heavy atom. The van der Waals surface area contributed by atoms with E-state index in [0.29, 0.717) is 58.6 Å². The Morgan fingerprint density at radius 2 is 1.52 bits per heavy atom. The van der Waals surface area contributed by atoms with Gasteiger partial charge in [0.15, 0.2) is 23.0 Å². The van der Waals surface area contributed by atoms with Crippen LogP contribution in [0.5, 0.6) is 23.0 Å². The van der Waals surface area contributed by atoms with Gasteiger partial charge in [-0.2, -0.15) is 0 Å². The molecule has 5 aromatic rings. The van der Waals surface area contributed by atoms with Gasteiger partial charge in [0, 0.05) is 55.4 Å². The van der Waals surface area contributed by atoms with Crippen LogP contribution < -0.4 is 44.3 Å². The molecule has 0 aliphatic carbocycles. The fourth-order valence-corrected chi connectivity index (χ4v) is 8.18. The van der Waals surface area contributed by atoms with E-state index in [1.54, 1.807) is 50.4 Å². The summed E-state index contributed by atoms with van der Waals surface area (Å²) < 4.78 is 24.3. The Balaban J connectivity index is 1.03. The number of anilines is 4. The number of hydrogen-bond donors (Lipinski definition) is 2. The molecule has 5 aromatic carbocycles. The van der Waals surface area contributed by atoms with Crippen molar-refractivity contribution in [2.45, 2.75) is 45.1 Å². The fraction of sp³-hybridized carbons (Fsp3) is 0.277. The molecule has 13 heteroatoms. The van der Waals surface area contributed by atoms with Gasteiger partial charge in [-0.15, -0.1) is 0 Å². The molecule has 8 rings (SSSR count). The minimum atomic E-state index is -0.211. The first-order chi connectivity index (χ1) is 29.2. The molecule has 0 spiro atoms. The van der Waals surface area contributed by atoms with Crippen LogP contribution in [0, 0.1) is 6.92 Å². The van der Waals surface area contributed by atoms with E-state index in [9.17, 15) is 14.4 Å². The number of carbonyl (C=O) groups is 3. The zero-order valence-corrected chi connectivity index (χ0v) is 34.4. The highest BCUT2D eigenvalue weighted by Gasteiger charge is 2.38. The van der Waals surface area contributed by atoms with E-state index in [4.69, 9.17) is 23.9 Å². The van der Waals surface area contributed by atoms with Gasteiger partial charge in [-0.05, 0) is 90.7 Å². The monoisotopic (exact) mass is 808 g/mol. The summed E-state index contributed by atoms with van der Waals surface area (Å²) in [5, 5.41) is 6.42. The molecule has 3 aliphatic rings. The van der Waals surface area contributed by atoms with Gasteiger partial charge in [0.05, 0.1) is 49.8 Å². The highest BCUT2D eigenvalue weighted by atomic mass is 16.5. The summed E-state index contributed by atoms with van der Waals surface area (Å²) in [7, 11) is 6.60. The summed E-state index contributed by atoms with van der Waals surface area (Å²) in [6.45, 7) is 2.97. The third-order valence-electron chi connectivity index (χ3n) is 11.3. The minimum absolute atomic E-state index is 0.00683. The van der Waals surface area contributed by atoms with Gasteiger partial charge in [0.2, 0.25) is 12.3 Å². The van der Waals surface area contributed by atoms with Crippen LogP contribution in [-0.2, 0) is 35.6 Å². The van der Waals surface area contributed by atoms with Crippen LogP contribution in [0.25, 0.3) is 0 Å². The number of likely N-dealkylation sites (N-methyl/N-ethyl adjacent to an activating group) is 2. The first-order valence-corrected chi connectivity index (χ1v) is 19.9. The largest absolute Gasteiger partial charge is 0.493 e. The maximum atomic E-state index is 14.0. The molecule has 0 aromatic heterocycles. The number of aliphatic imine (C=N–C) groups is 1. The molecule has 3 heterocycles. The minimum Gasteiger partial charge on any atom is -0.493 e. The number of benzene rings is 5. The summed E-state index contributed by atoms with van der Waals surface area (Å²) in [6, 6.07) is 28.7. The third kappa shape index (κ3) is 7.83. The molecule has 308 valence electrons. The van der Waals surface area contributed by atoms with Crippen molar-refractivity contribution in [1.29, 1.82) is 0 Å². The second kappa shape index (κ2) is 17.2. The molecule has 0 bridgehead atoms. The number of rotatable bonds is 14. The first kappa shape index (κ1) is 39.9. The predicted molar refractivity (Wildman–Crippen MR) is 233 cm³/mol. The van der Waals surface area contributed by atoms with E-state index < -0.39 is 0 Å². The molecule has 0 saturated carbocycles. The molecule has 3 amide bonds. The smallest absolute Gasteiger partial charge is 0.260 e. The van der Waals surface area contributed by atoms with Crippen LogP contribution in [0.1, 0.15) is 38.2 Å². The third-order valence-corrected chi connectivity index (χ3v) is 11.3. The number of methoxy groups -OCH3 is 2. The predicted octanol–water partition coefficient (Wildman–Crippen LogP) is 6.64. The Labute approximate surface area is 349 Å². The number of hydrogen-bond acceptors (Lipinski definition) is 10. The number of aryl methyl sites for hydroxylation is 1. The van der Waals surface area contributed by atoms with Crippen molar-refractivity contribution in [3.05, 3.63) is 124 Å². The molecule has 3 aliphatic heterocycles. The lowest BCUT2D eigenvalue weighted by Gasteiger charge is -2.23. The lowest BCUT2D eigenvalue weighted by Crippen LogP contribution is -2.39. The SMILES string of the molecule is CNCC(=O)N(C)c1cc(COc2cc(N=C[C@@H]3Cc4ccccc4N3C=O)c(C)cc2OC)cc(COc2cc3c(cc2OC)C(=O)N2c4ccccc4CC2CN3)c1. The Morgan fingerprint density at radius 3 is 2.20 bits per heavy atom. The Kier molecular flexibility index (Phi) is 11.4. The summed E-state index contributed by atoms with van der Waals surface area (Å²) in [6.07, 6.45) is 4.10. The molecule has 13 nitrogen and oxygen atoms in total. The highest BCUT2D eigenvalue weighted by molar-refractivity contribution is 6.12. The number of para-hydroxylation sites is 2. The van der Waals surface area contributed by atoms with Crippen molar-refractivity contribution in [2.24, 2.45) is 4.99 Å². The number of nitrogens with one attached hydrogen (secondary N) is 2. The maximum absolute atomic E-state index is 14.0. The van der Waals surface area contributed by atoms with E-state index >= 15 is 0 Å². The topological polar surface area (TPSA) is 134 Å².